The van der Waals surface area contributed by atoms with E-state index in [-0.39, 0.29) is 11.8 Å². The number of benzene rings is 1. The molecule has 148 valence electrons. The maximum absolute atomic E-state index is 13.2. The fourth-order valence-corrected chi connectivity index (χ4v) is 4.05. The topological polar surface area (TPSA) is 52.7 Å². The zero-order chi connectivity index (χ0) is 19.1. The first-order chi connectivity index (χ1) is 13.2. The summed E-state index contributed by atoms with van der Waals surface area (Å²) in [5.41, 5.74) is 2.50. The molecule has 5 nitrogen and oxygen atoms in total. The smallest absolute Gasteiger partial charge is 0.256 e. The van der Waals surface area contributed by atoms with Crippen molar-refractivity contribution < 1.29 is 9.59 Å². The average molecular weight is 372 g/mol. The summed E-state index contributed by atoms with van der Waals surface area (Å²) in [6.07, 6.45) is 9.34. The van der Waals surface area contributed by atoms with Gasteiger partial charge in [0.15, 0.2) is 0 Å². The number of nitrogens with one attached hydrogen (secondary N) is 1. The molecule has 1 aromatic rings. The van der Waals surface area contributed by atoms with Crippen molar-refractivity contribution in [3.63, 3.8) is 0 Å². The van der Waals surface area contributed by atoms with Crippen LogP contribution in [0.1, 0.15) is 75.1 Å². The van der Waals surface area contributed by atoms with Crippen LogP contribution in [0.4, 0.5) is 11.4 Å². The number of hydrogen-bond donors (Lipinski definition) is 1. The molecule has 0 atom stereocenters. The first kappa shape index (κ1) is 19.7. The van der Waals surface area contributed by atoms with Gasteiger partial charge in [0, 0.05) is 44.0 Å². The van der Waals surface area contributed by atoms with Crippen LogP contribution in [0.15, 0.2) is 18.2 Å². The van der Waals surface area contributed by atoms with Crippen molar-refractivity contribution in [2.75, 3.05) is 36.4 Å². The predicted octanol–water partition coefficient (Wildman–Crippen LogP) is 4.43. The standard InChI is InChI=1S/C22H33N3O2/c1-2-3-5-10-21(26)23-18-11-12-20(24-13-8-9-14-24)19(17-18)22(27)25-15-6-4-7-16-25/h11-12,17H,2-10,13-16H2,1H3,(H,23,26). The molecule has 3 rings (SSSR count). The maximum atomic E-state index is 13.2. The highest BCUT2D eigenvalue weighted by molar-refractivity contribution is 6.02. The summed E-state index contributed by atoms with van der Waals surface area (Å²) in [4.78, 5) is 29.7. The average Bonchev–Trinajstić information content (AvgIpc) is 3.23. The number of carbonyl (C=O) groups excluding carboxylic acids is 2. The van der Waals surface area contributed by atoms with Gasteiger partial charge in [-0.15, -0.1) is 0 Å². The van der Waals surface area contributed by atoms with E-state index < -0.39 is 0 Å². The molecule has 2 heterocycles. The summed E-state index contributed by atoms with van der Waals surface area (Å²) in [5, 5.41) is 2.99. The third-order valence-electron chi connectivity index (χ3n) is 5.61. The Morgan fingerprint density at radius 3 is 2.37 bits per heavy atom. The van der Waals surface area contributed by atoms with Crippen molar-refractivity contribution >= 4 is 23.2 Å². The minimum Gasteiger partial charge on any atom is -0.371 e. The predicted molar refractivity (Wildman–Crippen MR) is 110 cm³/mol. The van der Waals surface area contributed by atoms with Crippen LogP contribution >= 0.6 is 0 Å². The van der Waals surface area contributed by atoms with Crippen LogP contribution in [0.25, 0.3) is 0 Å². The van der Waals surface area contributed by atoms with E-state index in [9.17, 15) is 9.59 Å². The number of amides is 2. The molecule has 0 saturated carbocycles. The number of carbonyl (C=O) groups is 2. The summed E-state index contributed by atoms with van der Waals surface area (Å²) in [7, 11) is 0. The van der Waals surface area contributed by atoms with E-state index in [1.54, 1.807) is 0 Å². The summed E-state index contributed by atoms with van der Waals surface area (Å²) in [5.74, 6) is 0.146. The van der Waals surface area contributed by atoms with Crippen LogP contribution in [-0.2, 0) is 4.79 Å². The van der Waals surface area contributed by atoms with E-state index in [1.165, 1.54) is 19.3 Å². The Hall–Kier alpha value is -2.04. The lowest BCUT2D eigenvalue weighted by molar-refractivity contribution is -0.116. The van der Waals surface area contributed by atoms with Gasteiger partial charge in [0.05, 0.1) is 5.56 Å². The van der Waals surface area contributed by atoms with E-state index >= 15 is 0 Å². The summed E-state index contributed by atoms with van der Waals surface area (Å²) < 4.78 is 0. The highest BCUT2D eigenvalue weighted by Crippen LogP contribution is 2.29. The normalized spacial score (nSPS) is 17.2. The fraction of sp³-hybridized carbons (Fsp3) is 0.636. The highest BCUT2D eigenvalue weighted by atomic mass is 16.2. The van der Waals surface area contributed by atoms with E-state index in [1.807, 2.05) is 23.1 Å². The molecule has 2 aliphatic rings. The lowest BCUT2D eigenvalue weighted by Gasteiger charge is -2.29. The maximum Gasteiger partial charge on any atom is 0.256 e. The molecule has 1 N–H and O–H groups in total. The van der Waals surface area contributed by atoms with Gasteiger partial charge in [0.25, 0.3) is 5.91 Å². The SMILES string of the molecule is CCCCCC(=O)Nc1ccc(N2CCCC2)c(C(=O)N2CCCCC2)c1. The van der Waals surface area contributed by atoms with Gasteiger partial charge in [0.1, 0.15) is 0 Å². The van der Waals surface area contributed by atoms with Crippen molar-refractivity contribution in [3.8, 4) is 0 Å². The third-order valence-corrected chi connectivity index (χ3v) is 5.61. The zero-order valence-corrected chi connectivity index (χ0v) is 16.6. The molecular formula is C22H33N3O2. The Morgan fingerprint density at radius 2 is 1.67 bits per heavy atom. The summed E-state index contributed by atoms with van der Waals surface area (Å²) in [6, 6.07) is 5.85. The van der Waals surface area contributed by atoms with Crippen molar-refractivity contribution in [1.29, 1.82) is 0 Å². The van der Waals surface area contributed by atoms with Crippen LogP contribution < -0.4 is 10.2 Å². The summed E-state index contributed by atoms with van der Waals surface area (Å²) in [6.45, 7) is 5.82. The van der Waals surface area contributed by atoms with Gasteiger partial charge in [-0.3, -0.25) is 9.59 Å². The van der Waals surface area contributed by atoms with Crippen LogP contribution in [0.3, 0.4) is 0 Å². The molecule has 27 heavy (non-hydrogen) atoms. The Balaban J connectivity index is 1.78. The molecule has 1 aromatic carbocycles. The van der Waals surface area contributed by atoms with Crippen LogP contribution in [0, 0.1) is 0 Å². The molecular weight excluding hydrogens is 338 g/mol. The van der Waals surface area contributed by atoms with Crippen molar-refractivity contribution in [3.05, 3.63) is 23.8 Å². The van der Waals surface area contributed by atoms with Gasteiger partial charge in [0.2, 0.25) is 5.91 Å². The van der Waals surface area contributed by atoms with E-state index in [4.69, 9.17) is 0 Å². The van der Waals surface area contributed by atoms with Crippen molar-refractivity contribution in [1.82, 2.24) is 4.90 Å². The van der Waals surface area contributed by atoms with Crippen molar-refractivity contribution in [2.45, 2.75) is 64.7 Å². The molecule has 0 unspecified atom stereocenters. The Kier molecular flexibility index (Phi) is 7.13. The number of anilines is 2. The highest BCUT2D eigenvalue weighted by Gasteiger charge is 2.25. The monoisotopic (exact) mass is 371 g/mol. The van der Waals surface area contributed by atoms with Gasteiger partial charge < -0.3 is 15.1 Å². The number of nitrogens with zero attached hydrogens (tertiary/aromatic N) is 2. The zero-order valence-electron chi connectivity index (χ0n) is 16.6. The molecule has 5 heteroatoms. The number of unbranched alkanes of at least 4 members (excludes halogenated alkanes) is 2. The van der Waals surface area contributed by atoms with Crippen LogP contribution in [0.2, 0.25) is 0 Å². The van der Waals surface area contributed by atoms with Crippen LogP contribution in [-0.4, -0.2) is 42.9 Å². The second-order valence-electron chi connectivity index (χ2n) is 7.78. The van der Waals surface area contributed by atoms with Gasteiger partial charge in [-0.2, -0.15) is 0 Å². The Bertz CT molecular complexity index is 647. The van der Waals surface area contributed by atoms with Gasteiger partial charge in [-0.1, -0.05) is 19.8 Å². The fourth-order valence-electron chi connectivity index (χ4n) is 4.05. The number of piperidine rings is 1. The van der Waals surface area contributed by atoms with E-state index in [2.05, 4.69) is 17.1 Å². The largest absolute Gasteiger partial charge is 0.371 e. The number of likely N-dealkylation sites (tertiary alicyclic amines) is 1. The first-order valence-electron chi connectivity index (χ1n) is 10.7. The molecule has 2 saturated heterocycles. The van der Waals surface area contributed by atoms with Gasteiger partial charge >= 0.3 is 0 Å². The van der Waals surface area contributed by atoms with Crippen molar-refractivity contribution in [2.24, 2.45) is 0 Å². The Morgan fingerprint density at radius 1 is 0.963 bits per heavy atom. The minimum atomic E-state index is 0.0359. The number of hydrogen-bond acceptors (Lipinski definition) is 3. The Labute approximate surface area is 163 Å². The second-order valence-corrected chi connectivity index (χ2v) is 7.78. The van der Waals surface area contributed by atoms with Gasteiger partial charge in [-0.05, 0) is 56.7 Å². The molecule has 0 spiro atoms. The lowest BCUT2D eigenvalue weighted by atomic mass is 10.1. The lowest BCUT2D eigenvalue weighted by Crippen LogP contribution is -2.36. The molecule has 0 bridgehead atoms. The molecule has 2 amide bonds. The summed E-state index contributed by atoms with van der Waals surface area (Å²) >= 11 is 0. The molecule has 0 aliphatic carbocycles. The molecule has 0 radical (unpaired) electrons. The van der Waals surface area contributed by atoms with Crippen LogP contribution in [0.5, 0.6) is 0 Å². The molecule has 2 aliphatic heterocycles. The first-order valence-corrected chi connectivity index (χ1v) is 10.7. The molecule has 2 fully saturated rings. The minimum absolute atomic E-state index is 0.0359. The van der Waals surface area contributed by atoms with Gasteiger partial charge in [-0.25, -0.2) is 0 Å². The number of rotatable bonds is 7. The van der Waals surface area contributed by atoms with E-state index in [0.717, 1.165) is 75.2 Å². The second kappa shape index (κ2) is 9.77. The third kappa shape index (κ3) is 5.24. The molecule has 0 aromatic heterocycles. The quantitative estimate of drug-likeness (QED) is 0.721. The van der Waals surface area contributed by atoms with E-state index in [0.29, 0.717) is 6.42 Å².